The molecule has 0 aromatic heterocycles. The van der Waals surface area contributed by atoms with Gasteiger partial charge in [-0.1, -0.05) is 19.8 Å². The minimum atomic E-state index is -0.736. The van der Waals surface area contributed by atoms with Crippen molar-refractivity contribution in [2.45, 2.75) is 39.0 Å². The Bertz CT molecular complexity index is 273. The van der Waals surface area contributed by atoms with Crippen molar-refractivity contribution in [1.29, 1.82) is 0 Å². The largest absolute Gasteiger partial charge is 0.481 e. The molecule has 1 saturated heterocycles. The lowest BCUT2D eigenvalue weighted by Crippen LogP contribution is -2.44. The van der Waals surface area contributed by atoms with Gasteiger partial charge in [-0.25, -0.2) is 0 Å². The van der Waals surface area contributed by atoms with E-state index in [0.29, 0.717) is 32.5 Å². The fourth-order valence-electron chi connectivity index (χ4n) is 2.18. The monoisotopic (exact) mass is 256 g/mol. The number of amides is 1. The van der Waals surface area contributed by atoms with E-state index in [2.05, 4.69) is 12.2 Å². The molecular formula is C13H24N2O3. The molecule has 0 radical (unpaired) electrons. The van der Waals surface area contributed by atoms with Crippen molar-refractivity contribution < 1.29 is 14.7 Å². The topological polar surface area (TPSA) is 69.6 Å². The number of rotatable bonds is 7. The van der Waals surface area contributed by atoms with Crippen LogP contribution in [0.25, 0.3) is 0 Å². The van der Waals surface area contributed by atoms with Gasteiger partial charge < -0.3 is 15.3 Å². The molecule has 1 amide bonds. The van der Waals surface area contributed by atoms with Gasteiger partial charge in [0, 0.05) is 13.1 Å². The molecule has 0 saturated carbocycles. The number of carbonyl (C=O) groups is 2. The number of nitrogens with one attached hydrogen (secondary N) is 1. The lowest BCUT2D eigenvalue weighted by molar-refractivity contribution is -0.145. The zero-order valence-electron chi connectivity index (χ0n) is 11.2. The smallest absolute Gasteiger partial charge is 0.306 e. The summed E-state index contributed by atoms with van der Waals surface area (Å²) in [5, 5.41) is 12.0. The third kappa shape index (κ3) is 5.04. The van der Waals surface area contributed by atoms with Crippen LogP contribution in [0.15, 0.2) is 0 Å². The number of likely N-dealkylation sites (tertiary alicyclic amines) is 1. The number of carboxylic acids is 1. The van der Waals surface area contributed by atoms with Gasteiger partial charge in [-0.2, -0.15) is 0 Å². The molecule has 104 valence electrons. The Labute approximate surface area is 109 Å². The molecule has 1 aliphatic rings. The number of aliphatic carboxylic acids is 1. The highest BCUT2D eigenvalue weighted by Crippen LogP contribution is 2.16. The second-order valence-electron chi connectivity index (χ2n) is 4.88. The number of nitrogens with zero attached hydrogens (tertiary/aromatic N) is 1. The number of hydrogen-bond donors (Lipinski definition) is 2. The van der Waals surface area contributed by atoms with E-state index >= 15 is 0 Å². The Hall–Kier alpha value is -1.10. The predicted molar refractivity (Wildman–Crippen MR) is 69.3 cm³/mol. The van der Waals surface area contributed by atoms with E-state index in [9.17, 15) is 9.59 Å². The first-order valence-electron chi connectivity index (χ1n) is 6.86. The minimum absolute atomic E-state index is 0.0929. The average Bonchev–Trinajstić information content (AvgIpc) is 2.38. The molecule has 1 heterocycles. The molecule has 0 spiro atoms. The van der Waals surface area contributed by atoms with Crippen molar-refractivity contribution in [3.05, 3.63) is 0 Å². The lowest BCUT2D eigenvalue weighted by Gasteiger charge is -2.30. The molecule has 0 atom stereocenters. The third-order valence-electron chi connectivity index (χ3n) is 3.43. The first kappa shape index (κ1) is 15.0. The van der Waals surface area contributed by atoms with Gasteiger partial charge in [0.05, 0.1) is 12.5 Å². The van der Waals surface area contributed by atoms with Crippen LogP contribution in [0.2, 0.25) is 0 Å². The van der Waals surface area contributed by atoms with Crippen LogP contribution in [0.3, 0.4) is 0 Å². The van der Waals surface area contributed by atoms with Crippen LogP contribution in [0.5, 0.6) is 0 Å². The number of carbonyl (C=O) groups excluding carboxylic acids is 1. The van der Waals surface area contributed by atoms with E-state index < -0.39 is 5.97 Å². The quantitative estimate of drug-likeness (QED) is 0.669. The van der Waals surface area contributed by atoms with Gasteiger partial charge in [-0.05, 0) is 25.8 Å². The summed E-state index contributed by atoms with van der Waals surface area (Å²) in [5.41, 5.74) is 0. The Morgan fingerprint density at radius 2 is 1.94 bits per heavy atom. The molecule has 2 N–H and O–H groups in total. The highest BCUT2D eigenvalue weighted by atomic mass is 16.4. The van der Waals surface area contributed by atoms with Crippen LogP contribution in [0.4, 0.5) is 0 Å². The molecule has 5 nitrogen and oxygen atoms in total. The van der Waals surface area contributed by atoms with Crippen LogP contribution in [0, 0.1) is 5.92 Å². The van der Waals surface area contributed by atoms with Crippen molar-refractivity contribution in [1.82, 2.24) is 10.2 Å². The summed E-state index contributed by atoms with van der Waals surface area (Å²) in [5.74, 6) is -0.915. The SMILES string of the molecule is CCCCCNCC(=O)N1CCC(C(=O)O)CC1. The van der Waals surface area contributed by atoms with Crippen molar-refractivity contribution in [2.75, 3.05) is 26.2 Å². The summed E-state index contributed by atoms with van der Waals surface area (Å²) in [4.78, 5) is 24.4. The highest BCUT2D eigenvalue weighted by molar-refractivity contribution is 5.78. The normalized spacial score (nSPS) is 16.8. The Morgan fingerprint density at radius 1 is 1.28 bits per heavy atom. The standard InChI is InChI=1S/C13H24N2O3/c1-2-3-4-7-14-10-12(16)15-8-5-11(6-9-15)13(17)18/h11,14H,2-10H2,1H3,(H,17,18). The predicted octanol–water partition coefficient (Wildman–Crippen LogP) is 1.09. The van der Waals surface area contributed by atoms with E-state index in [1.54, 1.807) is 4.90 Å². The first-order chi connectivity index (χ1) is 8.65. The zero-order valence-corrected chi connectivity index (χ0v) is 11.2. The minimum Gasteiger partial charge on any atom is -0.481 e. The van der Waals surface area contributed by atoms with Crippen LogP contribution in [-0.4, -0.2) is 48.1 Å². The summed E-state index contributed by atoms with van der Waals surface area (Å²) in [6.45, 7) is 4.56. The molecular weight excluding hydrogens is 232 g/mol. The second kappa shape index (κ2) is 8.08. The Morgan fingerprint density at radius 3 is 2.50 bits per heavy atom. The van der Waals surface area contributed by atoms with Gasteiger partial charge in [0.15, 0.2) is 0 Å². The molecule has 18 heavy (non-hydrogen) atoms. The number of unbranched alkanes of at least 4 members (excludes halogenated alkanes) is 2. The number of piperidine rings is 1. The highest BCUT2D eigenvalue weighted by Gasteiger charge is 2.26. The second-order valence-corrected chi connectivity index (χ2v) is 4.88. The molecule has 0 aliphatic carbocycles. The first-order valence-corrected chi connectivity index (χ1v) is 6.86. The molecule has 0 aromatic carbocycles. The van der Waals surface area contributed by atoms with E-state index in [4.69, 9.17) is 5.11 Å². The molecule has 1 rings (SSSR count). The summed E-state index contributed by atoms with van der Waals surface area (Å²) in [7, 11) is 0. The van der Waals surface area contributed by atoms with E-state index in [1.807, 2.05) is 0 Å². The van der Waals surface area contributed by atoms with Gasteiger partial charge in [0.2, 0.25) is 5.91 Å². The number of hydrogen-bond acceptors (Lipinski definition) is 3. The Kier molecular flexibility index (Phi) is 6.72. The average molecular weight is 256 g/mol. The van der Waals surface area contributed by atoms with Gasteiger partial charge in [0.25, 0.3) is 0 Å². The maximum atomic E-state index is 11.8. The summed E-state index contributed by atoms with van der Waals surface area (Å²) in [6.07, 6.45) is 4.63. The van der Waals surface area contributed by atoms with E-state index in [1.165, 1.54) is 12.8 Å². The van der Waals surface area contributed by atoms with Crippen molar-refractivity contribution >= 4 is 11.9 Å². The van der Waals surface area contributed by atoms with Crippen LogP contribution < -0.4 is 5.32 Å². The fourth-order valence-corrected chi connectivity index (χ4v) is 2.18. The maximum Gasteiger partial charge on any atom is 0.306 e. The summed E-state index contributed by atoms with van der Waals surface area (Å²) >= 11 is 0. The summed E-state index contributed by atoms with van der Waals surface area (Å²) in [6, 6.07) is 0. The Balaban J connectivity index is 2.14. The zero-order chi connectivity index (χ0) is 13.4. The molecule has 1 aliphatic heterocycles. The lowest BCUT2D eigenvalue weighted by atomic mass is 9.97. The van der Waals surface area contributed by atoms with Gasteiger partial charge in [-0.3, -0.25) is 9.59 Å². The fraction of sp³-hybridized carbons (Fsp3) is 0.846. The van der Waals surface area contributed by atoms with Gasteiger partial charge in [0.1, 0.15) is 0 Å². The molecule has 1 fully saturated rings. The maximum absolute atomic E-state index is 11.8. The van der Waals surface area contributed by atoms with Gasteiger partial charge in [-0.15, -0.1) is 0 Å². The van der Waals surface area contributed by atoms with Crippen LogP contribution >= 0.6 is 0 Å². The van der Waals surface area contributed by atoms with Crippen LogP contribution in [-0.2, 0) is 9.59 Å². The van der Waals surface area contributed by atoms with Crippen molar-refractivity contribution in [2.24, 2.45) is 5.92 Å². The van der Waals surface area contributed by atoms with Crippen LogP contribution in [0.1, 0.15) is 39.0 Å². The van der Waals surface area contributed by atoms with Crippen molar-refractivity contribution in [3.8, 4) is 0 Å². The van der Waals surface area contributed by atoms with Gasteiger partial charge >= 0.3 is 5.97 Å². The third-order valence-corrected chi connectivity index (χ3v) is 3.43. The molecule has 0 aromatic rings. The van der Waals surface area contributed by atoms with Crippen molar-refractivity contribution in [3.63, 3.8) is 0 Å². The summed E-state index contributed by atoms with van der Waals surface area (Å²) < 4.78 is 0. The van der Waals surface area contributed by atoms with E-state index in [0.717, 1.165) is 13.0 Å². The van der Waals surface area contributed by atoms with E-state index in [-0.39, 0.29) is 11.8 Å². The number of carboxylic acid groups (broad SMARTS) is 1. The molecule has 0 bridgehead atoms. The molecule has 0 unspecified atom stereocenters. The molecule has 5 heteroatoms.